The lowest BCUT2D eigenvalue weighted by Gasteiger charge is -2.17. The number of aromatic nitrogens is 1. The molecule has 1 aromatic heterocycles. The van der Waals surface area contributed by atoms with E-state index < -0.39 is 15.9 Å². The quantitative estimate of drug-likeness (QED) is 0.806. The highest BCUT2D eigenvalue weighted by atomic mass is 32.2. The van der Waals surface area contributed by atoms with Crippen LogP contribution in [-0.2, 0) is 21.4 Å². The number of rotatable bonds is 7. The topological polar surface area (TPSA) is 88.6 Å². The van der Waals surface area contributed by atoms with Crippen molar-refractivity contribution in [3.63, 3.8) is 0 Å². The Morgan fingerprint density at radius 1 is 1.25 bits per heavy atom. The molecule has 0 radical (unpaired) electrons. The molecule has 0 aliphatic carbocycles. The van der Waals surface area contributed by atoms with Gasteiger partial charge in [-0.1, -0.05) is 18.2 Å². The number of likely N-dealkylation sites (N-methyl/N-ethyl adjacent to an activating group) is 1. The highest BCUT2D eigenvalue weighted by Gasteiger charge is 2.22. The third kappa shape index (κ3) is 4.53. The molecule has 0 saturated heterocycles. The summed E-state index contributed by atoms with van der Waals surface area (Å²) in [6.07, 6.45) is 1.58. The minimum atomic E-state index is -3.69. The van der Waals surface area contributed by atoms with Crippen LogP contribution in [0, 0.1) is 0 Å². The van der Waals surface area contributed by atoms with Crippen molar-refractivity contribution in [3.8, 4) is 5.88 Å². The third-order valence-corrected chi connectivity index (χ3v) is 5.13. The normalized spacial score (nSPS) is 11.3. The van der Waals surface area contributed by atoms with Gasteiger partial charge in [-0.15, -0.1) is 0 Å². The summed E-state index contributed by atoms with van der Waals surface area (Å²) in [5.74, 6) is 0.0540. The molecule has 0 aliphatic rings. The van der Waals surface area contributed by atoms with E-state index in [1.165, 1.54) is 26.3 Å². The van der Waals surface area contributed by atoms with Gasteiger partial charge in [0.05, 0.1) is 18.6 Å². The van der Waals surface area contributed by atoms with Crippen LogP contribution in [0.5, 0.6) is 5.88 Å². The number of amides is 1. The predicted molar refractivity (Wildman–Crippen MR) is 88.9 cm³/mol. The Morgan fingerprint density at radius 3 is 2.62 bits per heavy atom. The molecule has 2 aromatic rings. The zero-order valence-electron chi connectivity index (χ0n) is 13.5. The highest BCUT2D eigenvalue weighted by molar-refractivity contribution is 7.89. The molecule has 0 unspecified atom stereocenters. The van der Waals surface area contributed by atoms with Crippen LogP contribution in [0.3, 0.4) is 0 Å². The molecule has 0 saturated carbocycles. The average molecular weight is 349 g/mol. The zero-order chi connectivity index (χ0) is 17.6. The molecule has 7 nitrogen and oxygen atoms in total. The number of pyridine rings is 1. The molecule has 0 atom stereocenters. The van der Waals surface area contributed by atoms with E-state index in [9.17, 15) is 13.2 Å². The Morgan fingerprint density at radius 2 is 1.96 bits per heavy atom. The van der Waals surface area contributed by atoms with Crippen LogP contribution in [0.1, 0.15) is 5.56 Å². The molecular weight excluding hydrogens is 330 g/mol. The van der Waals surface area contributed by atoms with E-state index in [-0.39, 0.29) is 18.0 Å². The van der Waals surface area contributed by atoms with E-state index in [2.05, 4.69) is 10.3 Å². The molecule has 0 bridgehead atoms. The smallest absolute Gasteiger partial charge is 0.243 e. The predicted octanol–water partition coefficient (Wildman–Crippen LogP) is 1.03. The first kappa shape index (κ1) is 17.9. The number of nitrogens with zero attached hydrogens (tertiary/aromatic N) is 2. The number of hydrogen-bond acceptors (Lipinski definition) is 5. The maximum absolute atomic E-state index is 12.3. The maximum atomic E-state index is 12.3. The Bertz CT molecular complexity index is 794. The molecule has 1 amide bonds. The van der Waals surface area contributed by atoms with E-state index in [1.807, 2.05) is 0 Å². The van der Waals surface area contributed by atoms with Crippen molar-refractivity contribution < 1.29 is 17.9 Å². The van der Waals surface area contributed by atoms with Gasteiger partial charge in [0.15, 0.2) is 0 Å². The van der Waals surface area contributed by atoms with Gasteiger partial charge in [0.2, 0.25) is 21.8 Å². The van der Waals surface area contributed by atoms with Crippen molar-refractivity contribution in [2.75, 3.05) is 20.7 Å². The van der Waals surface area contributed by atoms with Crippen LogP contribution in [-0.4, -0.2) is 44.3 Å². The Hall–Kier alpha value is -2.45. The molecule has 1 aromatic carbocycles. The van der Waals surface area contributed by atoms with Gasteiger partial charge in [-0.2, -0.15) is 4.31 Å². The van der Waals surface area contributed by atoms with Gasteiger partial charge in [0, 0.05) is 25.9 Å². The summed E-state index contributed by atoms with van der Waals surface area (Å²) < 4.78 is 30.7. The first-order valence-electron chi connectivity index (χ1n) is 7.20. The number of nitrogens with one attached hydrogen (secondary N) is 1. The molecule has 2 rings (SSSR count). The van der Waals surface area contributed by atoms with Gasteiger partial charge in [0.25, 0.3) is 0 Å². The van der Waals surface area contributed by atoms with Crippen molar-refractivity contribution in [1.82, 2.24) is 14.6 Å². The first-order chi connectivity index (χ1) is 11.4. The van der Waals surface area contributed by atoms with E-state index in [0.29, 0.717) is 5.88 Å². The number of carbonyl (C=O) groups excluding carboxylic acids is 1. The number of carbonyl (C=O) groups is 1. The van der Waals surface area contributed by atoms with Crippen LogP contribution in [0.4, 0.5) is 0 Å². The fourth-order valence-corrected chi connectivity index (χ4v) is 3.14. The summed E-state index contributed by atoms with van der Waals surface area (Å²) >= 11 is 0. The van der Waals surface area contributed by atoms with Crippen LogP contribution >= 0.6 is 0 Å². The summed E-state index contributed by atoms with van der Waals surface area (Å²) in [5.41, 5.74) is 0.809. The second-order valence-corrected chi connectivity index (χ2v) is 7.10. The number of sulfonamides is 1. The van der Waals surface area contributed by atoms with Crippen molar-refractivity contribution in [2.24, 2.45) is 0 Å². The zero-order valence-corrected chi connectivity index (χ0v) is 14.3. The number of benzene rings is 1. The standard InChI is InChI=1S/C16H19N3O4S/c1-19(24(21,22)14-6-4-3-5-7-14)12-15(20)18-11-13-8-9-17-16(10-13)23-2/h3-10H,11-12H2,1-2H3,(H,18,20). The minimum Gasteiger partial charge on any atom is -0.481 e. The second kappa shape index (κ2) is 7.89. The average Bonchev–Trinajstić information content (AvgIpc) is 2.60. The fraction of sp³-hybridized carbons (Fsp3) is 0.250. The lowest BCUT2D eigenvalue weighted by atomic mass is 10.2. The largest absolute Gasteiger partial charge is 0.481 e. The summed E-state index contributed by atoms with van der Waals surface area (Å²) in [6, 6.07) is 11.4. The summed E-state index contributed by atoms with van der Waals surface area (Å²) in [5, 5.41) is 2.68. The van der Waals surface area contributed by atoms with Crippen LogP contribution in [0.15, 0.2) is 53.6 Å². The summed E-state index contributed by atoms with van der Waals surface area (Å²) in [6.45, 7) is -0.00359. The third-order valence-electron chi connectivity index (χ3n) is 3.32. The van der Waals surface area contributed by atoms with E-state index in [0.717, 1.165) is 9.87 Å². The van der Waals surface area contributed by atoms with Crippen LogP contribution in [0.2, 0.25) is 0 Å². The van der Waals surface area contributed by atoms with E-state index >= 15 is 0 Å². The Kier molecular flexibility index (Phi) is 5.88. The molecule has 128 valence electrons. The number of methoxy groups -OCH3 is 1. The number of hydrogen-bond donors (Lipinski definition) is 1. The first-order valence-corrected chi connectivity index (χ1v) is 8.64. The van der Waals surface area contributed by atoms with Crippen molar-refractivity contribution >= 4 is 15.9 Å². The highest BCUT2D eigenvalue weighted by Crippen LogP contribution is 2.13. The monoisotopic (exact) mass is 349 g/mol. The van der Waals surface area contributed by atoms with Crippen LogP contribution in [0.25, 0.3) is 0 Å². The van der Waals surface area contributed by atoms with Crippen molar-refractivity contribution in [2.45, 2.75) is 11.4 Å². The molecule has 0 spiro atoms. The van der Waals surface area contributed by atoms with Gasteiger partial charge in [-0.05, 0) is 23.8 Å². The van der Waals surface area contributed by atoms with Gasteiger partial charge in [0.1, 0.15) is 0 Å². The van der Waals surface area contributed by atoms with Crippen LogP contribution < -0.4 is 10.1 Å². The molecule has 24 heavy (non-hydrogen) atoms. The molecule has 1 N–H and O–H groups in total. The lowest BCUT2D eigenvalue weighted by molar-refractivity contribution is -0.121. The molecule has 0 aliphatic heterocycles. The summed E-state index contributed by atoms with van der Waals surface area (Å²) in [7, 11) is -0.805. The van der Waals surface area contributed by atoms with Crippen molar-refractivity contribution in [3.05, 3.63) is 54.2 Å². The Balaban J connectivity index is 1.94. The minimum absolute atomic E-state index is 0.152. The van der Waals surface area contributed by atoms with Gasteiger partial charge in [-0.3, -0.25) is 4.79 Å². The maximum Gasteiger partial charge on any atom is 0.243 e. The second-order valence-electron chi connectivity index (χ2n) is 5.06. The molecule has 0 fully saturated rings. The molecule has 8 heteroatoms. The molecular formula is C16H19N3O4S. The van der Waals surface area contributed by atoms with E-state index in [1.54, 1.807) is 36.5 Å². The van der Waals surface area contributed by atoms with Gasteiger partial charge >= 0.3 is 0 Å². The SMILES string of the molecule is COc1cc(CNC(=O)CN(C)S(=O)(=O)c2ccccc2)ccn1. The van der Waals surface area contributed by atoms with E-state index in [4.69, 9.17) is 4.74 Å². The van der Waals surface area contributed by atoms with Crippen molar-refractivity contribution in [1.29, 1.82) is 0 Å². The van der Waals surface area contributed by atoms with Gasteiger partial charge < -0.3 is 10.1 Å². The fourth-order valence-electron chi connectivity index (χ4n) is 1.99. The lowest BCUT2D eigenvalue weighted by Crippen LogP contribution is -2.38. The number of ether oxygens (including phenoxy) is 1. The van der Waals surface area contributed by atoms with Gasteiger partial charge in [-0.25, -0.2) is 13.4 Å². The molecule has 1 heterocycles. The Labute approximate surface area is 141 Å². The summed E-state index contributed by atoms with van der Waals surface area (Å²) in [4.78, 5) is 16.1.